The smallest absolute Gasteiger partial charge is 0.338 e. The third-order valence-corrected chi connectivity index (χ3v) is 4.30. The summed E-state index contributed by atoms with van der Waals surface area (Å²) >= 11 is 3.37. The molecule has 1 aromatic carbocycles. The second kappa shape index (κ2) is 7.04. The fourth-order valence-electron chi connectivity index (χ4n) is 2.50. The molecule has 0 spiro atoms. The molecule has 3 N–H and O–H groups in total. The van der Waals surface area contributed by atoms with Crippen LogP contribution < -0.4 is 11.1 Å². The summed E-state index contributed by atoms with van der Waals surface area (Å²) in [4.78, 5) is 23.8. The van der Waals surface area contributed by atoms with Crippen molar-refractivity contribution in [2.24, 2.45) is 11.7 Å². The van der Waals surface area contributed by atoms with Gasteiger partial charge in [-0.1, -0.05) is 6.42 Å². The van der Waals surface area contributed by atoms with Crippen molar-refractivity contribution in [1.82, 2.24) is 0 Å². The zero-order valence-electron chi connectivity index (χ0n) is 11.9. The fourth-order valence-corrected chi connectivity index (χ4v) is 2.98. The number of carbonyl (C=O) groups excluding carboxylic acids is 2. The molecule has 0 aromatic heterocycles. The Bertz CT molecular complexity index is 548. The van der Waals surface area contributed by atoms with Gasteiger partial charge in [0.15, 0.2) is 0 Å². The first-order valence-corrected chi connectivity index (χ1v) is 7.85. The Hall–Kier alpha value is -1.40. The van der Waals surface area contributed by atoms with Crippen LogP contribution in [0.15, 0.2) is 22.7 Å². The van der Waals surface area contributed by atoms with Gasteiger partial charge in [-0.3, -0.25) is 4.79 Å². The van der Waals surface area contributed by atoms with Crippen molar-refractivity contribution in [2.45, 2.75) is 32.2 Å². The van der Waals surface area contributed by atoms with Crippen LogP contribution in [-0.4, -0.2) is 24.5 Å². The normalized spacial score (nSPS) is 21.1. The Balaban J connectivity index is 2.07. The maximum Gasteiger partial charge on any atom is 0.338 e. The predicted molar refractivity (Wildman–Crippen MR) is 84.0 cm³/mol. The van der Waals surface area contributed by atoms with Gasteiger partial charge in [0.2, 0.25) is 5.91 Å². The highest BCUT2D eigenvalue weighted by atomic mass is 79.9. The highest BCUT2D eigenvalue weighted by Crippen LogP contribution is 2.28. The molecule has 5 nitrogen and oxygen atoms in total. The Morgan fingerprint density at radius 3 is 2.76 bits per heavy atom. The SMILES string of the molecule is CCOC(=O)c1ccc(NC(=O)C2CCCC2N)c(Br)c1. The number of rotatable bonds is 4. The van der Waals surface area contributed by atoms with E-state index >= 15 is 0 Å². The van der Waals surface area contributed by atoms with Crippen LogP contribution in [0.4, 0.5) is 5.69 Å². The molecule has 114 valence electrons. The maximum absolute atomic E-state index is 12.2. The van der Waals surface area contributed by atoms with Gasteiger partial charge >= 0.3 is 5.97 Å². The number of amides is 1. The fraction of sp³-hybridized carbons (Fsp3) is 0.467. The van der Waals surface area contributed by atoms with E-state index < -0.39 is 0 Å². The molecular weight excluding hydrogens is 336 g/mol. The molecule has 1 aliphatic rings. The molecule has 2 rings (SSSR count). The van der Waals surface area contributed by atoms with E-state index in [2.05, 4.69) is 21.2 Å². The van der Waals surface area contributed by atoms with Gasteiger partial charge in [-0.15, -0.1) is 0 Å². The number of anilines is 1. The van der Waals surface area contributed by atoms with Crippen LogP contribution in [-0.2, 0) is 9.53 Å². The molecule has 1 amide bonds. The number of esters is 1. The lowest BCUT2D eigenvalue weighted by molar-refractivity contribution is -0.120. The number of halogens is 1. The van der Waals surface area contributed by atoms with Crippen LogP contribution in [0.3, 0.4) is 0 Å². The van der Waals surface area contributed by atoms with Gasteiger partial charge < -0.3 is 15.8 Å². The highest BCUT2D eigenvalue weighted by molar-refractivity contribution is 9.10. The number of nitrogens with one attached hydrogen (secondary N) is 1. The Labute approximate surface area is 132 Å². The van der Waals surface area contributed by atoms with E-state index in [0.717, 1.165) is 19.3 Å². The summed E-state index contributed by atoms with van der Waals surface area (Å²) in [6.45, 7) is 2.08. The Morgan fingerprint density at radius 1 is 1.43 bits per heavy atom. The first-order chi connectivity index (χ1) is 10.0. The summed E-state index contributed by atoms with van der Waals surface area (Å²) in [7, 11) is 0. The first-order valence-electron chi connectivity index (χ1n) is 7.06. The molecule has 0 saturated heterocycles. The van der Waals surface area contributed by atoms with Crippen LogP contribution in [0.5, 0.6) is 0 Å². The van der Waals surface area contributed by atoms with Crippen LogP contribution in [0, 0.1) is 5.92 Å². The average molecular weight is 355 g/mol. The van der Waals surface area contributed by atoms with Crippen molar-refractivity contribution < 1.29 is 14.3 Å². The quantitative estimate of drug-likeness (QED) is 0.814. The van der Waals surface area contributed by atoms with Crippen molar-refractivity contribution in [3.05, 3.63) is 28.2 Å². The van der Waals surface area contributed by atoms with E-state index in [1.807, 2.05) is 0 Å². The highest BCUT2D eigenvalue weighted by Gasteiger charge is 2.30. The van der Waals surface area contributed by atoms with Crippen LogP contribution in [0.2, 0.25) is 0 Å². The van der Waals surface area contributed by atoms with Crippen LogP contribution in [0.25, 0.3) is 0 Å². The summed E-state index contributed by atoms with van der Waals surface area (Å²) in [6, 6.07) is 4.90. The number of hydrogen-bond donors (Lipinski definition) is 2. The molecule has 1 fully saturated rings. The second-order valence-electron chi connectivity index (χ2n) is 5.11. The summed E-state index contributed by atoms with van der Waals surface area (Å²) in [6.07, 6.45) is 2.70. The van der Waals surface area contributed by atoms with Crippen LogP contribution in [0.1, 0.15) is 36.5 Å². The second-order valence-corrected chi connectivity index (χ2v) is 5.96. The van der Waals surface area contributed by atoms with Crippen molar-refractivity contribution in [1.29, 1.82) is 0 Å². The van der Waals surface area contributed by atoms with Crippen molar-refractivity contribution >= 4 is 33.5 Å². The number of hydrogen-bond acceptors (Lipinski definition) is 4. The third-order valence-electron chi connectivity index (χ3n) is 3.64. The lowest BCUT2D eigenvalue weighted by Gasteiger charge is -2.16. The summed E-state index contributed by atoms with van der Waals surface area (Å²) in [5.41, 5.74) is 7.01. The molecule has 1 saturated carbocycles. The molecule has 0 aliphatic heterocycles. The molecule has 2 atom stereocenters. The standard InChI is InChI=1S/C15H19BrN2O3/c1-2-21-15(20)9-6-7-13(11(16)8-9)18-14(19)10-4-3-5-12(10)17/h6-8,10,12H,2-5,17H2,1H3,(H,18,19). The van der Waals surface area contributed by atoms with E-state index in [-0.39, 0.29) is 23.8 Å². The largest absolute Gasteiger partial charge is 0.462 e. The van der Waals surface area contributed by atoms with E-state index in [1.54, 1.807) is 25.1 Å². The Morgan fingerprint density at radius 2 is 2.19 bits per heavy atom. The third kappa shape index (κ3) is 3.83. The van der Waals surface area contributed by atoms with E-state index in [1.165, 1.54) is 0 Å². The predicted octanol–water partition coefficient (Wildman–Crippen LogP) is 2.69. The molecule has 21 heavy (non-hydrogen) atoms. The number of carbonyl (C=O) groups is 2. The lowest BCUT2D eigenvalue weighted by atomic mass is 10.0. The molecule has 2 unspecified atom stereocenters. The zero-order valence-corrected chi connectivity index (χ0v) is 13.5. The number of nitrogens with two attached hydrogens (primary N) is 1. The molecular formula is C15H19BrN2O3. The van der Waals surface area contributed by atoms with Gasteiger partial charge in [0.1, 0.15) is 0 Å². The minimum absolute atomic E-state index is 0.0652. The average Bonchev–Trinajstić information content (AvgIpc) is 2.87. The summed E-state index contributed by atoms with van der Waals surface area (Å²) in [5.74, 6) is -0.583. The molecule has 0 heterocycles. The van der Waals surface area contributed by atoms with Gasteiger partial charge in [-0.05, 0) is 53.9 Å². The minimum atomic E-state index is -0.381. The minimum Gasteiger partial charge on any atom is -0.462 e. The van der Waals surface area contributed by atoms with Gasteiger partial charge in [0.25, 0.3) is 0 Å². The van der Waals surface area contributed by atoms with Gasteiger partial charge in [0, 0.05) is 10.5 Å². The summed E-state index contributed by atoms with van der Waals surface area (Å²) < 4.78 is 5.58. The number of ether oxygens (including phenoxy) is 1. The molecule has 1 aliphatic carbocycles. The van der Waals surface area contributed by atoms with E-state index in [9.17, 15) is 9.59 Å². The lowest BCUT2D eigenvalue weighted by Crippen LogP contribution is -2.34. The van der Waals surface area contributed by atoms with Gasteiger partial charge in [-0.2, -0.15) is 0 Å². The molecule has 0 bridgehead atoms. The van der Waals surface area contributed by atoms with Gasteiger partial charge in [0.05, 0.1) is 23.8 Å². The molecule has 0 radical (unpaired) electrons. The molecule has 1 aromatic rings. The Kier molecular flexibility index (Phi) is 5.36. The monoisotopic (exact) mass is 354 g/mol. The topological polar surface area (TPSA) is 81.4 Å². The molecule has 6 heteroatoms. The zero-order chi connectivity index (χ0) is 15.4. The van der Waals surface area contributed by atoms with Crippen molar-refractivity contribution in [2.75, 3.05) is 11.9 Å². The van der Waals surface area contributed by atoms with Gasteiger partial charge in [-0.25, -0.2) is 4.79 Å². The summed E-state index contributed by atoms with van der Waals surface area (Å²) in [5, 5.41) is 2.86. The van der Waals surface area contributed by atoms with E-state index in [4.69, 9.17) is 10.5 Å². The van der Waals surface area contributed by atoms with Crippen molar-refractivity contribution in [3.8, 4) is 0 Å². The van der Waals surface area contributed by atoms with Crippen LogP contribution >= 0.6 is 15.9 Å². The maximum atomic E-state index is 12.2. The first kappa shape index (κ1) is 16.0. The van der Waals surface area contributed by atoms with E-state index in [0.29, 0.717) is 22.3 Å². The van der Waals surface area contributed by atoms with Crippen molar-refractivity contribution in [3.63, 3.8) is 0 Å². The number of benzene rings is 1.